The molecule has 0 aromatic heterocycles. The largest absolute Gasteiger partial charge is 0.294 e. The molecule has 1 aromatic rings. The summed E-state index contributed by atoms with van der Waals surface area (Å²) < 4.78 is 0. The summed E-state index contributed by atoms with van der Waals surface area (Å²) in [6, 6.07) is 2.90. The quantitative estimate of drug-likeness (QED) is 0.623. The first-order valence-corrected chi connectivity index (χ1v) is 4.40. The van der Waals surface area contributed by atoms with Crippen LogP contribution in [0.5, 0.6) is 0 Å². The van der Waals surface area contributed by atoms with Crippen LogP contribution in [0, 0.1) is 0 Å². The second-order valence-corrected chi connectivity index (χ2v) is 3.65. The van der Waals surface area contributed by atoms with Crippen molar-refractivity contribution in [2.24, 2.45) is 0 Å². The van der Waals surface area contributed by atoms with Crippen molar-refractivity contribution in [3.05, 3.63) is 33.3 Å². The van der Waals surface area contributed by atoms with Crippen LogP contribution < -0.4 is 0 Å². The van der Waals surface area contributed by atoms with Crippen molar-refractivity contribution in [2.75, 3.05) is 0 Å². The molecule has 2 nitrogen and oxygen atoms in total. The molecule has 0 amide bonds. The number of hydrogen-bond donors (Lipinski definition) is 0. The lowest BCUT2D eigenvalue weighted by molar-refractivity contribution is 0.0923. The van der Waals surface area contributed by atoms with Crippen LogP contribution in [0.25, 0.3) is 0 Å². The summed E-state index contributed by atoms with van der Waals surface area (Å²) in [6.07, 6.45) is -0.0635. The van der Waals surface area contributed by atoms with Gasteiger partial charge in [0.25, 0.3) is 0 Å². The number of ketones is 2. The molecule has 0 saturated carbocycles. The zero-order chi connectivity index (χ0) is 9.59. The molecule has 66 valence electrons. The Morgan fingerprint density at radius 1 is 0.923 bits per heavy atom. The Bertz CT molecular complexity index is 385. The van der Waals surface area contributed by atoms with Gasteiger partial charge in [0.15, 0.2) is 11.6 Å². The average Bonchev–Trinajstić information content (AvgIpc) is 2.31. The zero-order valence-corrected chi connectivity index (χ0v) is 7.95. The van der Waals surface area contributed by atoms with Crippen molar-refractivity contribution in [2.45, 2.75) is 6.42 Å². The highest BCUT2D eigenvalue weighted by Gasteiger charge is 2.28. The number of fused-ring (bicyclic) bond motifs is 1. The molecule has 0 atom stereocenters. The lowest BCUT2D eigenvalue weighted by atomic mass is 10.1. The molecule has 1 aromatic carbocycles. The molecule has 0 fully saturated rings. The Balaban J connectivity index is 2.72. The minimum atomic E-state index is -0.182. The normalized spacial score (nSPS) is 14.9. The van der Waals surface area contributed by atoms with E-state index in [0.29, 0.717) is 21.2 Å². The molecule has 0 unspecified atom stereocenters. The smallest absolute Gasteiger partial charge is 0.171 e. The third-order valence-electron chi connectivity index (χ3n) is 1.98. The highest BCUT2D eigenvalue weighted by molar-refractivity contribution is 6.43. The Morgan fingerprint density at radius 2 is 1.31 bits per heavy atom. The van der Waals surface area contributed by atoms with Crippen molar-refractivity contribution in [3.8, 4) is 0 Å². The second-order valence-electron chi connectivity index (χ2n) is 2.84. The number of carbonyl (C=O) groups is 2. The summed E-state index contributed by atoms with van der Waals surface area (Å²) in [7, 11) is 0. The maximum Gasteiger partial charge on any atom is 0.171 e. The van der Waals surface area contributed by atoms with Crippen molar-refractivity contribution in [3.63, 3.8) is 0 Å². The maximum atomic E-state index is 11.2. The lowest BCUT2D eigenvalue weighted by Gasteiger charge is -1.98. The van der Waals surface area contributed by atoms with E-state index in [1.807, 2.05) is 0 Å². The first-order valence-electron chi connectivity index (χ1n) is 3.65. The summed E-state index contributed by atoms with van der Waals surface area (Å²) in [6.45, 7) is 0. The fourth-order valence-corrected chi connectivity index (χ4v) is 1.67. The fourth-order valence-electron chi connectivity index (χ4n) is 1.34. The highest BCUT2D eigenvalue weighted by atomic mass is 35.5. The fraction of sp³-hybridized carbons (Fsp3) is 0.111. The number of hydrogen-bond acceptors (Lipinski definition) is 2. The summed E-state index contributed by atoms with van der Waals surface area (Å²) in [5.74, 6) is -0.364. The van der Waals surface area contributed by atoms with Crippen LogP contribution in [0.15, 0.2) is 12.1 Å². The van der Waals surface area contributed by atoms with E-state index >= 15 is 0 Å². The Morgan fingerprint density at radius 3 is 1.69 bits per heavy atom. The summed E-state index contributed by atoms with van der Waals surface area (Å²) in [5, 5.41) is 0.618. The van der Waals surface area contributed by atoms with Crippen LogP contribution in [0.2, 0.25) is 10.0 Å². The molecular weight excluding hydrogens is 211 g/mol. The summed E-state index contributed by atoms with van der Waals surface area (Å²) in [5.41, 5.74) is 0.777. The van der Waals surface area contributed by atoms with Crippen LogP contribution in [0.4, 0.5) is 0 Å². The van der Waals surface area contributed by atoms with Gasteiger partial charge in [-0.3, -0.25) is 9.59 Å². The summed E-state index contributed by atoms with van der Waals surface area (Å²) in [4.78, 5) is 22.4. The molecule has 0 radical (unpaired) electrons. The molecule has 2 rings (SSSR count). The van der Waals surface area contributed by atoms with E-state index in [0.717, 1.165) is 0 Å². The van der Waals surface area contributed by atoms with Gasteiger partial charge < -0.3 is 0 Å². The topological polar surface area (TPSA) is 34.1 Å². The molecule has 13 heavy (non-hydrogen) atoms. The van der Waals surface area contributed by atoms with E-state index < -0.39 is 0 Å². The van der Waals surface area contributed by atoms with Gasteiger partial charge in [0.1, 0.15) is 0 Å². The zero-order valence-electron chi connectivity index (χ0n) is 6.43. The van der Waals surface area contributed by atoms with Gasteiger partial charge in [0.2, 0.25) is 0 Å². The Hall–Kier alpha value is -0.860. The molecule has 1 aliphatic rings. The van der Waals surface area contributed by atoms with Crippen molar-refractivity contribution in [1.29, 1.82) is 0 Å². The molecule has 0 saturated heterocycles. The van der Waals surface area contributed by atoms with E-state index in [4.69, 9.17) is 23.2 Å². The Labute approximate surface area is 84.4 Å². The number of halogens is 2. The van der Waals surface area contributed by atoms with E-state index in [1.165, 1.54) is 12.1 Å². The van der Waals surface area contributed by atoms with Crippen LogP contribution in [-0.4, -0.2) is 11.6 Å². The third-order valence-corrected chi connectivity index (χ3v) is 2.70. The Kier molecular flexibility index (Phi) is 1.90. The van der Waals surface area contributed by atoms with E-state index in [2.05, 4.69) is 0 Å². The van der Waals surface area contributed by atoms with Gasteiger partial charge in [0, 0.05) is 11.1 Å². The van der Waals surface area contributed by atoms with Gasteiger partial charge in [-0.25, -0.2) is 0 Å². The van der Waals surface area contributed by atoms with E-state index in [-0.39, 0.29) is 18.0 Å². The van der Waals surface area contributed by atoms with Crippen molar-refractivity contribution < 1.29 is 9.59 Å². The predicted molar refractivity (Wildman–Crippen MR) is 49.7 cm³/mol. The lowest BCUT2D eigenvalue weighted by Crippen LogP contribution is -1.90. The summed E-state index contributed by atoms with van der Waals surface area (Å²) >= 11 is 11.4. The number of rotatable bonds is 0. The highest BCUT2D eigenvalue weighted by Crippen LogP contribution is 2.30. The first-order chi connectivity index (χ1) is 6.09. The monoisotopic (exact) mass is 214 g/mol. The number of benzene rings is 1. The third kappa shape index (κ3) is 1.26. The van der Waals surface area contributed by atoms with Crippen LogP contribution in [0.3, 0.4) is 0 Å². The number of carbonyl (C=O) groups excluding carboxylic acids is 2. The van der Waals surface area contributed by atoms with E-state index in [1.54, 1.807) is 0 Å². The van der Waals surface area contributed by atoms with Gasteiger partial charge >= 0.3 is 0 Å². The molecule has 0 spiro atoms. The van der Waals surface area contributed by atoms with Gasteiger partial charge in [0.05, 0.1) is 16.5 Å². The van der Waals surface area contributed by atoms with Gasteiger partial charge in [-0.15, -0.1) is 0 Å². The number of Topliss-reactive ketones (excluding diaryl/α,β-unsaturated/α-hetero) is 2. The second kappa shape index (κ2) is 2.82. The van der Waals surface area contributed by atoms with Gasteiger partial charge in [-0.1, -0.05) is 23.2 Å². The van der Waals surface area contributed by atoms with Crippen molar-refractivity contribution >= 4 is 34.8 Å². The van der Waals surface area contributed by atoms with E-state index in [9.17, 15) is 9.59 Å². The minimum absolute atomic E-state index is 0.0635. The molecule has 0 heterocycles. The van der Waals surface area contributed by atoms with Crippen LogP contribution >= 0.6 is 23.2 Å². The predicted octanol–water partition coefficient (Wildman–Crippen LogP) is 2.76. The van der Waals surface area contributed by atoms with Gasteiger partial charge in [-0.05, 0) is 12.1 Å². The van der Waals surface area contributed by atoms with Crippen LogP contribution in [0.1, 0.15) is 27.1 Å². The molecule has 1 aliphatic carbocycles. The minimum Gasteiger partial charge on any atom is -0.294 e. The van der Waals surface area contributed by atoms with Crippen molar-refractivity contribution in [1.82, 2.24) is 0 Å². The average molecular weight is 215 g/mol. The SMILES string of the molecule is O=C1CC(=O)c2cc(Cl)c(Cl)cc21. The molecule has 0 bridgehead atoms. The maximum absolute atomic E-state index is 11.2. The standard InChI is InChI=1S/C9H4Cl2O2/c10-6-1-4-5(2-7(6)11)9(13)3-8(4)12/h1-2H,3H2. The molecule has 4 heteroatoms. The molecule has 0 aliphatic heterocycles. The van der Waals surface area contributed by atoms with Crippen LogP contribution in [-0.2, 0) is 0 Å². The van der Waals surface area contributed by atoms with Gasteiger partial charge in [-0.2, -0.15) is 0 Å². The first kappa shape index (κ1) is 8.73. The molecule has 0 N–H and O–H groups in total. The molecular formula is C9H4Cl2O2.